The number of morpholine rings is 1. The zero-order valence-corrected chi connectivity index (χ0v) is 14.6. The Morgan fingerprint density at radius 3 is 2.68 bits per heavy atom. The minimum absolute atomic E-state index is 0.122. The van der Waals surface area contributed by atoms with Crippen LogP contribution in [0.15, 0.2) is 6.07 Å². The summed E-state index contributed by atoms with van der Waals surface area (Å²) in [7, 11) is 0. The number of hydrogen-bond donors (Lipinski definition) is 1. The number of aromatic nitrogens is 2. The van der Waals surface area contributed by atoms with Crippen molar-refractivity contribution in [1.82, 2.24) is 20.0 Å². The van der Waals surface area contributed by atoms with Crippen molar-refractivity contribution in [3.8, 4) is 0 Å². The number of ether oxygens (including phenoxy) is 1. The fourth-order valence-corrected chi connectivity index (χ4v) is 2.69. The van der Waals surface area contributed by atoms with E-state index in [1.54, 1.807) is 13.8 Å². The molecule has 0 spiro atoms. The van der Waals surface area contributed by atoms with Crippen LogP contribution in [0.5, 0.6) is 0 Å². The number of halogens is 3. The molecule has 1 aromatic rings. The minimum Gasteiger partial charge on any atom is -0.379 e. The van der Waals surface area contributed by atoms with E-state index in [1.165, 1.54) is 4.68 Å². The van der Waals surface area contributed by atoms with Crippen LogP contribution in [0.25, 0.3) is 0 Å². The van der Waals surface area contributed by atoms with Gasteiger partial charge in [-0.05, 0) is 26.0 Å². The molecule has 1 atom stereocenters. The van der Waals surface area contributed by atoms with Crippen LogP contribution >= 0.6 is 0 Å². The fraction of sp³-hybridized carbons (Fsp3) is 0.750. The van der Waals surface area contributed by atoms with Gasteiger partial charge in [0.05, 0.1) is 25.7 Å². The molecule has 25 heavy (non-hydrogen) atoms. The predicted molar refractivity (Wildman–Crippen MR) is 86.0 cm³/mol. The molecule has 0 bridgehead atoms. The van der Waals surface area contributed by atoms with E-state index in [0.717, 1.165) is 45.3 Å². The van der Waals surface area contributed by atoms with E-state index in [4.69, 9.17) is 4.74 Å². The third-order valence-electron chi connectivity index (χ3n) is 4.22. The summed E-state index contributed by atoms with van der Waals surface area (Å²) in [6.07, 6.45) is -3.64. The number of carbonyl (C=O) groups is 1. The molecule has 1 amide bonds. The van der Waals surface area contributed by atoms with Crippen molar-refractivity contribution in [3.05, 3.63) is 17.5 Å². The van der Waals surface area contributed by atoms with Gasteiger partial charge in [0.25, 0.3) is 0 Å². The molecular weight excluding hydrogens is 337 g/mol. The highest BCUT2D eigenvalue weighted by atomic mass is 19.4. The highest BCUT2D eigenvalue weighted by Crippen LogP contribution is 2.28. The lowest BCUT2D eigenvalue weighted by atomic mass is 10.1. The van der Waals surface area contributed by atoms with Gasteiger partial charge in [0.1, 0.15) is 0 Å². The maximum absolute atomic E-state index is 12.7. The van der Waals surface area contributed by atoms with Crippen molar-refractivity contribution in [1.29, 1.82) is 0 Å². The summed E-state index contributed by atoms with van der Waals surface area (Å²) in [4.78, 5) is 14.4. The van der Waals surface area contributed by atoms with Gasteiger partial charge in [-0.2, -0.15) is 18.3 Å². The lowest BCUT2D eigenvalue weighted by molar-refractivity contribution is -0.141. The quantitative estimate of drug-likeness (QED) is 0.750. The zero-order chi connectivity index (χ0) is 18.4. The smallest absolute Gasteiger partial charge is 0.379 e. The van der Waals surface area contributed by atoms with Gasteiger partial charge in [-0.15, -0.1) is 0 Å². The normalized spacial score (nSPS) is 17.5. The number of nitrogens with zero attached hydrogens (tertiary/aromatic N) is 3. The van der Waals surface area contributed by atoms with Gasteiger partial charge in [0, 0.05) is 25.3 Å². The van der Waals surface area contributed by atoms with Gasteiger partial charge in [0.2, 0.25) is 5.91 Å². The van der Waals surface area contributed by atoms with Gasteiger partial charge < -0.3 is 10.1 Å². The molecule has 0 aromatic carbocycles. The highest BCUT2D eigenvalue weighted by Gasteiger charge is 2.34. The van der Waals surface area contributed by atoms with Crippen LogP contribution in [-0.4, -0.2) is 60.0 Å². The second-order valence-corrected chi connectivity index (χ2v) is 6.35. The van der Waals surface area contributed by atoms with Crippen LogP contribution in [0.1, 0.15) is 24.7 Å². The van der Waals surface area contributed by atoms with E-state index in [-0.39, 0.29) is 12.5 Å². The average Bonchev–Trinajstić information content (AvgIpc) is 2.93. The first-order valence-electron chi connectivity index (χ1n) is 8.47. The SMILES string of the molecule is Cc1cc(C(F)(F)F)nn1CC(C)C(=O)NCCCN1CCOCC1. The van der Waals surface area contributed by atoms with Crippen LogP contribution in [0.3, 0.4) is 0 Å². The number of hydrogen-bond acceptors (Lipinski definition) is 4. The first kappa shape index (κ1) is 19.7. The number of nitrogens with one attached hydrogen (secondary N) is 1. The Morgan fingerprint density at radius 2 is 2.08 bits per heavy atom. The van der Waals surface area contributed by atoms with E-state index in [9.17, 15) is 18.0 Å². The molecule has 1 saturated heterocycles. The van der Waals surface area contributed by atoms with Gasteiger partial charge in [-0.3, -0.25) is 14.4 Å². The predicted octanol–water partition coefficient (Wildman–Crippen LogP) is 1.68. The van der Waals surface area contributed by atoms with E-state index in [1.807, 2.05) is 0 Å². The number of aryl methyl sites for hydroxylation is 1. The standard InChI is InChI=1S/C16H25F3N4O2/c1-12(11-23-13(2)10-14(21-23)16(17,18)19)15(24)20-4-3-5-22-6-8-25-9-7-22/h10,12H,3-9,11H2,1-2H3,(H,20,24). The highest BCUT2D eigenvalue weighted by molar-refractivity contribution is 5.78. The summed E-state index contributed by atoms with van der Waals surface area (Å²) >= 11 is 0. The summed E-state index contributed by atoms with van der Waals surface area (Å²) in [6.45, 7) is 8.10. The van der Waals surface area contributed by atoms with Crippen molar-refractivity contribution in [2.24, 2.45) is 5.92 Å². The van der Waals surface area contributed by atoms with Crippen LogP contribution in [0.2, 0.25) is 0 Å². The second kappa shape index (κ2) is 8.66. The van der Waals surface area contributed by atoms with Gasteiger partial charge in [-0.25, -0.2) is 0 Å². The molecule has 142 valence electrons. The third-order valence-corrected chi connectivity index (χ3v) is 4.22. The van der Waals surface area contributed by atoms with Crippen molar-refractivity contribution in [2.75, 3.05) is 39.4 Å². The molecule has 6 nitrogen and oxygen atoms in total. The number of alkyl halides is 3. The van der Waals surface area contributed by atoms with E-state index in [2.05, 4.69) is 15.3 Å². The molecule has 0 radical (unpaired) electrons. The molecule has 1 aromatic heterocycles. The first-order chi connectivity index (χ1) is 11.8. The maximum atomic E-state index is 12.7. The third kappa shape index (κ3) is 6.00. The van der Waals surface area contributed by atoms with E-state index >= 15 is 0 Å². The molecule has 1 aliphatic rings. The maximum Gasteiger partial charge on any atom is 0.435 e. The van der Waals surface area contributed by atoms with Crippen molar-refractivity contribution in [3.63, 3.8) is 0 Å². The molecule has 1 aliphatic heterocycles. The number of amides is 1. The Hall–Kier alpha value is -1.61. The summed E-state index contributed by atoms with van der Waals surface area (Å²) in [5.41, 5.74) is -0.539. The van der Waals surface area contributed by atoms with Gasteiger partial charge in [-0.1, -0.05) is 6.92 Å². The lowest BCUT2D eigenvalue weighted by Crippen LogP contribution is -2.39. The molecule has 1 fully saturated rings. The topological polar surface area (TPSA) is 59.4 Å². The largest absolute Gasteiger partial charge is 0.435 e. The summed E-state index contributed by atoms with van der Waals surface area (Å²) in [6, 6.07) is 0.993. The van der Waals surface area contributed by atoms with E-state index in [0.29, 0.717) is 12.2 Å². The summed E-state index contributed by atoms with van der Waals surface area (Å²) in [5.74, 6) is -0.631. The number of rotatable bonds is 7. The molecule has 2 heterocycles. The minimum atomic E-state index is -4.47. The Labute approximate surface area is 145 Å². The molecular formula is C16H25F3N4O2. The van der Waals surface area contributed by atoms with Crippen LogP contribution in [0.4, 0.5) is 13.2 Å². The Balaban J connectivity index is 1.73. The van der Waals surface area contributed by atoms with Crippen molar-refractivity contribution in [2.45, 2.75) is 33.0 Å². The molecule has 1 N–H and O–H groups in total. The van der Waals surface area contributed by atoms with Crippen LogP contribution in [-0.2, 0) is 22.3 Å². The van der Waals surface area contributed by atoms with Crippen LogP contribution < -0.4 is 5.32 Å². The summed E-state index contributed by atoms with van der Waals surface area (Å²) in [5, 5.41) is 6.39. The molecule has 0 saturated carbocycles. The second-order valence-electron chi connectivity index (χ2n) is 6.35. The molecule has 0 aliphatic carbocycles. The van der Waals surface area contributed by atoms with Crippen LogP contribution in [0, 0.1) is 12.8 Å². The van der Waals surface area contributed by atoms with Gasteiger partial charge >= 0.3 is 6.18 Å². The molecule has 1 unspecified atom stereocenters. The molecule has 2 rings (SSSR count). The van der Waals surface area contributed by atoms with Gasteiger partial charge in [0.15, 0.2) is 5.69 Å². The Bertz CT molecular complexity index is 568. The average molecular weight is 362 g/mol. The van der Waals surface area contributed by atoms with Crippen molar-refractivity contribution < 1.29 is 22.7 Å². The first-order valence-corrected chi connectivity index (χ1v) is 8.47. The summed E-state index contributed by atoms with van der Waals surface area (Å²) < 4.78 is 44.5. The molecule has 9 heteroatoms. The Kier molecular flexibility index (Phi) is 6.83. The Morgan fingerprint density at radius 1 is 1.40 bits per heavy atom. The fourth-order valence-electron chi connectivity index (χ4n) is 2.69. The van der Waals surface area contributed by atoms with E-state index < -0.39 is 17.8 Å². The monoisotopic (exact) mass is 362 g/mol. The number of carbonyl (C=O) groups excluding carboxylic acids is 1. The zero-order valence-electron chi connectivity index (χ0n) is 14.6. The van der Waals surface area contributed by atoms with Crippen molar-refractivity contribution >= 4 is 5.91 Å². The lowest BCUT2D eigenvalue weighted by Gasteiger charge is -2.26.